The Hall–Kier alpha value is -1.70. The molecule has 0 fully saturated rings. The van der Waals surface area contributed by atoms with E-state index in [9.17, 15) is 13.6 Å². The number of nitrogens with two attached hydrogens (primary N) is 2. The van der Waals surface area contributed by atoms with Crippen molar-refractivity contribution in [3.63, 3.8) is 0 Å². The Morgan fingerprint density at radius 2 is 2.00 bits per heavy atom. The molecule has 0 heterocycles. The predicted octanol–water partition coefficient (Wildman–Crippen LogP) is 1.53. The Bertz CT molecular complexity index is 436. The van der Waals surface area contributed by atoms with Crippen molar-refractivity contribution >= 4 is 33.6 Å². The molecule has 0 spiro atoms. The van der Waals surface area contributed by atoms with Gasteiger partial charge in [0.25, 0.3) is 0 Å². The van der Waals surface area contributed by atoms with E-state index in [2.05, 4.69) is 26.2 Å². The normalized spacial score (nSPS) is 9.69. The van der Waals surface area contributed by atoms with Crippen LogP contribution in [0, 0.1) is 11.6 Å². The lowest BCUT2D eigenvalue weighted by atomic mass is 10.3. The average molecular weight is 293 g/mol. The van der Waals surface area contributed by atoms with Crippen LogP contribution < -0.4 is 16.8 Å². The minimum atomic E-state index is -0.953. The zero-order chi connectivity index (χ0) is 12.3. The third-order valence-corrected chi connectivity index (χ3v) is 2.09. The van der Waals surface area contributed by atoms with E-state index in [0.717, 1.165) is 6.07 Å². The van der Waals surface area contributed by atoms with Gasteiger partial charge < -0.3 is 16.8 Å². The highest BCUT2D eigenvalue weighted by Crippen LogP contribution is 2.26. The van der Waals surface area contributed by atoms with Crippen molar-refractivity contribution in [1.82, 2.24) is 0 Å². The van der Waals surface area contributed by atoms with Crippen molar-refractivity contribution in [2.45, 2.75) is 0 Å². The van der Waals surface area contributed by atoms with Gasteiger partial charge in [-0.3, -0.25) is 0 Å². The predicted molar refractivity (Wildman–Crippen MR) is 58.9 cm³/mol. The SMILES string of the molecule is NC(N)=NC(=O)Nc1c(F)cc(F)cc1Br. The number of urea groups is 1. The highest BCUT2D eigenvalue weighted by molar-refractivity contribution is 9.10. The fourth-order valence-electron chi connectivity index (χ4n) is 0.914. The molecule has 2 amide bonds. The Balaban J connectivity index is 2.98. The lowest BCUT2D eigenvalue weighted by Gasteiger charge is -2.06. The summed E-state index contributed by atoms with van der Waals surface area (Å²) in [5.41, 5.74) is 9.66. The zero-order valence-electron chi connectivity index (χ0n) is 7.80. The highest BCUT2D eigenvalue weighted by atomic mass is 79.9. The molecule has 0 aliphatic heterocycles. The first kappa shape index (κ1) is 12.4. The molecule has 8 heteroatoms. The molecule has 1 aromatic carbocycles. The summed E-state index contributed by atoms with van der Waals surface area (Å²) in [7, 11) is 0. The molecule has 1 aromatic rings. The quantitative estimate of drug-likeness (QED) is 0.541. The smallest absolute Gasteiger partial charge is 0.348 e. The highest BCUT2D eigenvalue weighted by Gasteiger charge is 2.12. The average Bonchev–Trinajstić information content (AvgIpc) is 2.09. The summed E-state index contributed by atoms with van der Waals surface area (Å²) in [6.45, 7) is 0. The van der Waals surface area contributed by atoms with Crippen molar-refractivity contribution in [3.05, 3.63) is 28.2 Å². The summed E-state index contributed by atoms with van der Waals surface area (Å²) in [6, 6.07) is 0.663. The molecular formula is C8H7BrF2N4O. The number of halogens is 3. The van der Waals surface area contributed by atoms with Gasteiger partial charge in [-0.1, -0.05) is 0 Å². The van der Waals surface area contributed by atoms with Crippen LogP contribution in [-0.2, 0) is 0 Å². The van der Waals surface area contributed by atoms with Gasteiger partial charge in [0.05, 0.1) is 5.69 Å². The number of guanidine groups is 1. The molecule has 86 valence electrons. The number of hydrogen-bond donors (Lipinski definition) is 3. The van der Waals surface area contributed by atoms with Gasteiger partial charge >= 0.3 is 6.03 Å². The van der Waals surface area contributed by atoms with E-state index in [1.165, 1.54) is 0 Å². The second-order valence-electron chi connectivity index (χ2n) is 2.71. The third-order valence-electron chi connectivity index (χ3n) is 1.47. The second-order valence-corrected chi connectivity index (χ2v) is 3.57. The number of nitrogens with zero attached hydrogens (tertiary/aromatic N) is 1. The van der Waals surface area contributed by atoms with E-state index in [4.69, 9.17) is 11.5 Å². The van der Waals surface area contributed by atoms with E-state index in [-0.39, 0.29) is 10.2 Å². The van der Waals surface area contributed by atoms with E-state index in [1.807, 2.05) is 0 Å². The first-order chi connectivity index (χ1) is 7.40. The van der Waals surface area contributed by atoms with Crippen LogP contribution in [0.15, 0.2) is 21.6 Å². The number of aliphatic imine (C=N–C) groups is 1. The van der Waals surface area contributed by atoms with Gasteiger partial charge in [-0.25, -0.2) is 13.6 Å². The molecule has 0 aromatic heterocycles. The topological polar surface area (TPSA) is 93.5 Å². The largest absolute Gasteiger partial charge is 0.370 e. The van der Waals surface area contributed by atoms with Gasteiger partial charge in [0, 0.05) is 10.5 Å². The molecular weight excluding hydrogens is 286 g/mol. The van der Waals surface area contributed by atoms with Gasteiger partial charge in [0.2, 0.25) is 0 Å². The van der Waals surface area contributed by atoms with Crippen LogP contribution in [0.4, 0.5) is 19.3 Å². The summed E-state index contributed by atoms with van der Waals surface area (Å²) >= 11 is 2.89. The van der Waals surface area contributed by atoms with Gasteiger partial charge in [-0.15, -0.1) is 0 Å². The third kappa shape index (κ3) is 3.16. The number of hydrogen-bond acceptors (Lipinski definition) is 1. The minimum Gasteiger partial charge on any atom is -0.370 e. The minimum absolute atomic E-state index is 0.0455. The zero-order valence-corrected chi connectivity index (χ0v) is 9.38. The molecule has 5 N–H and O–H groups in total. The Morgan fingerprint density at radius 3 is 2.50 bits per heavy atom. The number of anilines is 1. The summed E-state index contributed by atoms with van der Waals surface area (Å²) in [5.74, 6) is -2.17. The monoisotopic (exact) mass is 292 g/mol. The van der Waals surface area contributed by atoms with Crippen LogP contribution in [0.5, 0.6) is 0 Å². The molecule has 0 radical (unpaired) electrons. The van der Waals surface area contributed by atoms with Crippen LogP contribution >= 0.6 is 15.9 Å². The van der Waals surface area contributed by atoms with Crippen LogP contribution in [0.2, 0.25) is 0 Å². The first-order valence-electron chi connectivity index (χ1n) is 3.95. The lowest BCUT2D eigenvalue weighted by molar-refractivity contribution is 0.259. The Morgan fingerprint density at radius 1 is 1.38 bits per heavy atom. The van der Waals surface area contributed by atoms with Crippen molar-refractivity contribution in [3.8, 4) is 0 Å². The molecule has 0 aliphatic carbocycles. The van der Waals surface area contributed by atoms with Crippen LogP contribution in [0.25, 0.3) is 0 Å². The Labute approximate surface area is 97.6 Å². The molecule has 1 rings (SSSR count). The summed E-state index contributed by atoms with van der Waals surface area (Å²) < 4.78 is 26.0. The van der Waals surface area contributed by atoms with Gasteiger partial charge in [-0.05, 0) is 22.0 Å². The second kappa shape index (κ2) is 4.88. The fourth-order valence-corrected chi connectivity index (χ4v) is 1.42. The number of nitrogens with one attached hydrogen (secondary N) is 1. The van der Waals surface area contributed by atoms with Crippen LogP contribution in [0.3, 0.4) is 0 Å². The number of carbonyl (C=O) groups is 1. The van der Waals surface area contributed by atoms with Crippen molar-refractivity contribution in [2.24, 2.45) is 16.5 Å². The molecule has 0 saturated carbocycles. The molecule has 0 bridgehead atoms. The van der Waals surface area contributed by atoms with Gasteiger partial charge in [-0.2, -0.15) is 4.99 Å². The summed E-state index contributed by atoms with van der Waals surface area (Å²) in [6.07, 6.45) is 0. The van der Waals surface area contributed by atoms with E-state index in [0.29, 0.717) is 6.07 Å². The molecule has 5 nitrogen and oxygen atoms in total. The number of amides is 2. The lowest BCUT2D eigenvalue weighted by Crippen LogP contribution is -2.25. The van der Waals surface area contributed by atoms with E-state index >= 15 is 0 Å². The molecule has 0 saturated heterocycles. The van der Waals surface area contributed by atoms with Crippen molar-refractivity contribution in [2.75, 3.05) is 5.32 Å². The standard InChI is InChI=1S/C8H7BrF2N4O/c9-4-1-3(10)2-5(11)6(4)14-8(16)15-7(12)13/h1-2H,(H5,12,13,14,15,16). The van der Waals surface area contributed by atoms with Gasteiger partial charge in [0.15, 0.2) is 11.8 Å². The fraction of sp³-hybridized carbons (Fsp3) is 0. The van der Waals surface area contributed by atoms with Crippen LogP contribution in [0.1, 0.15) is 0 Å². The van der Waals surface area contributed by atoms with Crippen molar-refractivity contribution in [1.29, 1.82) is 0 Å². The number of benzene rings is 1. The Kier molecular flexibility index (Phi) is 3.78. The number of carbonyl (C=O) groups excluding carboxylic acids is 1. The van der Waals surface area contributed by atoms with Crippen LogP contribution in [-0.4, -0.2) is 12.0 Å². The maximum atomic E-state index is 13.2. The van der Waals surface area contributed by atoms with Gasteiger partial charge in [0.1, 0.15) is 5.82 Å². The van der Waals surface area contributed by atoms with E-state index in [1.54, 1.807) is 0 Å². The maximum Gasteiger partial charge on any atom is 0.348 e. The number of rotatable bonds is 1. The summed E-state index contributed by atoms with van der Waals surface area (Å²) in [5, 5.41) is 2.06. The molecule has 0 atom stereocenters. The molecule has 16 heavy (non-hydrogen) atoms. The van der Waals surface area contributed by atoms with Crippen molar-refractivity contribution < 1.29 is 13.6 Å². The summed E-state index contributed by atoms with van der Waals surface area (Å²) in [4.78, 5) is 14.2. The van der Waals surface area contributed by atoms with E-state index < -0.39 is 23.6 Å². The first-order valence-corrected chi connectivity index (χ1v) is 4.74. The molecule has 0 unspecified atom stereocenters. The molecule has 0 aliphatic rings. The maximum absolute atomic E-state index is 13.2.